The number of fused-ring (bicyclic) bond motifs is 6. The predicted octanol–water partition coefficient (Wildman–Crippen LogP) is 11.3. The van der Waals surface area contributed by atoms with Gasteiger partial charge in [0.05, 0.1) is 28.8 Å². The van der Waals surface area contributed by atoms with E-state index >= 15 is 0 Å². The van der Waals surface area contributed by atoms with Crippen LogP contribution in [0.3, 0.4) is 0 Å². The molecule has 52 heavy (non-hydrogen) atoms. The maximum absolute atomic E-state index is 5.19. The number of para-hydroxylation sites is 1. The highest BCUT2D eigenvalue weighted by Gasteiger charge is 2.48. The minimum atomic E-state index is -0.610. The Kier molecular flexibility index (Phi) is 7.11. The maximum atomic E-state index is 5.19. The molecule has 0 saturated carbocycles. The zero-order valence-corrected chi connectivity index (χ0v) is 31.3. The smallest absolute Gasteiger partial charge is 0.0938 e. The summed E-state index contributed by atoms with van der Waals surface area (Å²) in [6, 6.07) is 45.7. The molecule has 5 aromatic carbocycles. The lowest BCUT2D eigenvalue weighted by atomic mass is 9.69. The summed E-state index contributed by atoms with van der Waals surface area (Å²) < 4.78 is 2.45. The Morgan fingerprint density at radius 2 is 1.23 bits per heavy atom. The molecule has 3 heterocycles. The summed E-state index contributed by atoms with van der Waals surface area (Å²) in [6.07, 6.45) is 6.24. The molecule has 4 heteroatoms. The molecule has 7 aromatic rings. The number of hydrogen-bond donors (Lipinski definition) is 0. The third-order valence-electron chi connectivity index (χ3n) is 11.3. The van der Waals surface area contributed by atoms with Crippen molar-refractivity contribution in [1.29, 1.82) is 0 Å². The van der Waals surface area contributed by atoms with Crippen LogP contribution in [0.1, 0.15) is 75.1 Å². The quantitative estimate of drug-likeness (QED) is 0.185. The Morgan fingerprint density at radius 1 is 0.577 bits per heavy atom. The number of aromatic nitrogens is 2. The van der Waals surface area contributed by atoms with E-state index in [0.29, 0.717) is 0 Å². The first kappa shape index (κ1) is 32.3. The van der Waals surface area contributed by atoms with Gasteiger partial charge in [0.25, 0.3) is 0 Å². The summed E-state index contributed by atoms with van der Waals surface area (Å²) >= 11 is 0. The van der Waals surface area contributed by atoms with Crippen molar-refractivity contribution in [1.82, 2.24) is 14.5 Å². The van der Waals surface area contributed by atoms with Crippen LogP contribution in [0.2, 0.25) is 0 Å². The second-order valence-corrected chi connectivity index (χ2v) is 16.8. The molecular weight excluding hydrogens is 633 g/mol. The summed E-state index contributed by atoms with van der Waals surface area (Å²) in [7, 11) is 2.11. The fraction of sp³-hybridized carbons (Fsp3) is 0.229. The van der Waals surface area contributed by atoms with E-state index in [1.807, 2.05) is 12.3 Å². The van der Waals surface area contributed by atoms with E-state index in [4.69, 9.17) is 4.98 Å². The molecule has 0 amide bonds. The van der Waals surface area contributed by atoms with E-state index in [-0.39, 0.29) is 10.8 Å². The van der Waals surface area contributed by atoms with E-state index < -0.39 is 5.41 Å². The average Bonchev–Trinajstić information content (AvgIpc) is 3.81. The number of benzene rings is 5. The van der Waals surface area contributed by atoms with E-state index in [1.54, 1.807) is 0 Å². The first-order chi connectivity index (χ1) is 24.9. The largest absolute Gasteiger partial charge is 0.361 e. The number of anilines is 1. The highest BCUT2D eigenvalue weighted by atomic mass is 15.3. The van der Waals surface area contributed by atoms with Crippen LogP contribution in [-0.2, 0) is 16.2 Å². The lowest BCUT2D eigenvalue weighted by Crippen LogP contribution is -2.30. The van der Waals surface area contributed by atoms with Gasteiger partial charge in [0.2, 0.25) is 0 Å². The summed E-state index contributed by atoms with van der Waals surface area (Å²) in [6.45, 7) is 14.7. The van der Waals surface area contributed by atoms with Crippen LogP contribution in [0.25, 0.3) is 38.6 Å². The standard InChI is InChI=1S/C48H46N4/c1-46(2,3)32-19-22-41-39(27-32)40-28-33(47(4,5)6)20-23-42(40)48(41,45-17-10-11-24-49-45)34-18-21-38-37-15-8-9-16-43(37)52(44(38)29-34)36-14-12-13-35(30-36)51-26-25-50(7)31-51/h8-30H,31H2,1-7H3. The zero-order valence-electron chi connectivity index (χ0n) is 31.3. The Morgan fingerprint density at radius 3 is 1.87 bits per heavy atom. The second kappa shape index (κ2) is 11.4. The van der Waals surface area contributed by atoms with Crippen molar-refractivity contribution in [2.75, 3.05) is 18.6 Å². The van der Waals surface area contributed by atoms with Gasteiger partial charge in [-0.15, -0.1) is 0 Å². The van der Waals surface area contributed by atoms with Crippen LogP contribution in [0.5, 0.6) is 0 Å². The van der Waals surface area contributed by atoms with Crippen LogP contribution in [0.15, 0.2) is 140 Å². The van der Waals surface area contributed by atoms with Crippen LogP contribution in [0.4, 0.5) is 5.69 Å². The highest BCUT2D eigenvalue weighted by molar-refractivity contribution is 6.09. The maximum Gasteiger partial charge on any atom is 0.0938 e. The summed E-state index contributed by atoms with van der Waals surface area (Å²) in [4.78, 5) is 9.68. The molecule has 0 bridgehead atoms. The van der Waals surface area contributed by atoms with Gasteiger partial charge in [-0.25, -0.2) is 0 Å². The van der Waals surface area contributed by atoms with Crippen LogP contribution < -0.4 is 4.90 Å². The van der Waals surface area contributed by atoms with Crippen molar-refractivity contribution >= 4 is 27.5 Å². The van der Waals surface area contributed by atoms with Crippen molar-refractivity contribution in [3.8, 4) is 16.8 Å². The number of hydrogen-bond acceptors (Lipinski definition) is 3. The first-order valence-corrected chi connectivity index (χ1v) is 18.5. The van der Waals surface area contributed by atoms with E-state index in [1.165, 1.54) is 66.4 Å². The normalized spacial score (nSPS) is 15.1. The Balaban J connectivity index is 1.36. The molecule has 0 atom stereocenters. The molecule has 0 unspecified atom stereocenters. The van der Waals surface area contributed by atoms with Gasteiger partial charge >= 0.3 is 0 Å². The van der Waals surface area contributed by atoms with Crippen molar-refractivity contribution < 1.29 is 0 Å². The zero-order chi connectivity index (χ0) is 36.0. The molecule has 9 rings (SSSR count). The Hall–Kier alpha value is -5.61. The Bertz CT molecular complexity index is 2480. The average molecular weight is 679 g/mol. The first-order valence-electron chi connectivity index (χ1n) is 18.5. The lowest BCUT2D eigenvalue weighted by molar-refractivity contribution is 0.496. The molecule has 1 aliphatic carbocycles. The number of rotatable bonds is 4. The molecule has 0 N–H and O–H groups in total. The van der Waals surface area contributed by atoms with Crippen molar-refractivity contribution in [2.45, 2.75) is 57.8 Å². The van der Waals surface area contributed by atoms with Crippen LogP contribution in [0, 0.1) is 0 Å². The fourth-order valence-corrected chi connectivity index (χ4v) is 8.58. The highest BCUT2D eigenvalue weighted by Crippen LogP contribution is 2.57. The molecule has 0 saturated heterocycles. The van der Waals surface area contributed by atoms with Gasteiger partial charge in [-0.2, -0.15) is 0 Å². The lowest BCUT2D eigenvalue weighted by Gasteiger charge is -2.33. The third-order valence-corrected chi connectivity index (χ3v) is 11.3. The molecule has 2 aromatic heterocycles. The number of pyridine rings is 1. The van der Waals surface area contributed by atoms with Crippen molar-refractivity contribution in [3.05, 3.63) is 173 Å². The second-order valence-electron chi connectivity index (χ2n) is 16.8. The minimum absolute atomic E-state index is 0.0156. The van der Waals surface area contributed by atoms with E-state index in [0.717, 1.165) is 18.1 Å². The van der Waals surface area contributed by atoms with Gasteiger partial charge in [-0.3, -0.25) is 4.98 Å². The fourth-order valence-electron chi connectivity index (χ4n) is 8.58. The predicted molar refractivity (Wildman–Crippen MR) is 218 cm³/mol. The molecule has 2 aliphatic rings. The van der Waals surface area contributed by atoms with Crippen molar-refractivity contribution in [3.63, 3.8) is 0 Å². The van der Waals surface area contributed by atoms with Crippen LogP contribution >= 0.6 is 0 Å². The summed E-state index contributed by atoms with van der Waals surface area (Å²) in [5, 5.41) is 2.49. The van der Waals surface area contributed by atoms with Gasteiger partial charge in [-0.05, 0) is 92.2 Å². The number of nitrogens with zero attached hydrogens (tertiary/aromatic N) is 4. The Labute approximate surface area is 307 Å². The van der Waals surface area contributed by atoms with Gasteiger partial charge in [0.15, 0.2) is 0 Å². The molecule has 0 fully saturated rings. The monoisotopic (exact) mass is 678 g/mol. The van der Waals surface area contributed by atoms with Gasteiger partial charge in [-0.1, -0.05) is 120 Å². The van der Waals surface area contributed by atoms with Crippen LogP contribution in [-0.4, -0.2) is 28.2 Å². The molecule has 258 valence electrons. The molecule has 0 radical (unpaired) electrons. The van der Waals surface area contributed by atoms with Crippen molar-refractivity contribution in [2.24, 2.45) is 0 Å². The minimum Gasteiger partial charge on any atom is -0.361 e. The van der Waals surface area contributed by atoms with E-state index in [2.05, 4.69) is 191 Å². The van der Waals surface area contributed by atoms with Gasteiger partial charge in [0.1, 0.15) is 0 Å². The summed E-state index contributed by atoms with van der Waals surface area (Å²) in [5.74, 6) is 0. The van der Waals surface area contributed by atoms with E-state index in [9.17, 15) is 0 Å². The molecule has 1 aliphatic heterocycles. The molecule has 4 nitrogen and oxygen atoms in total. The summed E-state index contributed by atoms with van der Waals surface area (Å²) in [5.41, 5.74) is 14.2. The SMILES string of the molecule is CN1C=CN(c2cccc(-n3c4ccccc4c4ccc(C5(c6ccccn6)c6ccc(C(C)(C)C)cc6-c6cc(C(C)(C)C)ccc65)cc43)c2)C1. The third kappa shape index (κ3) is 4.84. The topological polar surface area (TPSA) is 24.3 Å². The van der Waals surface area contributed by atoms with Gasteiger partial charge in [0, 0.05) is 47.8 Å². The molecule has 0 spiro atoms. The van der Waals surface area contributed by atoms with Gasteiger partial charge < -0.3 is 14.4 Å². The molecular formula is C48H46N4.